The van der Waals surface area contributed by atoms with Crippen LogP contribution in [0.3, 0.4) is 0 Å². The third-order valence-electron chi connectivity index (χ3n) is 12.6. The van der Waals surface area contributed by atoms with E-state index >= 15 is 0 Å². The number of carbonyl (C=O) groups excluding carboxylic acids is 1. The van der Waals surface area contributed by atoms with Gasteiger partial charge in [-0.25, -0.2) is 16.8 Å². The highest BCUT2D eigenvalue weighted by molar-refractivity contribution is 7.92. The number of amides is 1. The molecule has 2 heterocycles. The van der Waals surface area contributed by atoms with Crippen LogP contribution in [0.15, 0.2) is 97.1 Å². The first-order valence-electron chi connectivity index (χ1n) is 19.9. The summed E-state index contributed by atoms with van der Waals surface area (Å²) < 4.78 is 125. The number of likely N-dealkylation sites (tertiary alicyclic amines) is 1. The van der Waals surface area contributed by atoms with Crippen molar-refractivity contribution < 1.29 is 57.9 Å². The fourth-order valence-corrected chi connectivity index (χ4v) is 10.2. The van der Waals surface area contributed by atoms with Crippen molar-refractivity contribution in [1.29, 1.82) is 0 Å². The average molecular weight is 923 g/mol. The standard InChI is InChI=1S/C22H23F3N2O3S.C13H18N2O2S.C9H7F3O2/c1-21(16-4-3-5-17(11-16)26-31(2,29)30)18-12-27(13-19(18)21)20(28)10-14-6-8-15(9-7-14)22(23,24)25;1-13(11-7-14-8-12(11)13)9-4-3-5-10(6-9)15-18(2,16)17;10-9(11,12)7-3-1-6(2-4-7)5-8(13)14/h3-9,11,18-19,26H,10,12-13H2,1-2H3;3-6,11-12,14-15H,7-8H2,1-2H3;1-4H,5H2,(H,13,14). The lowest BCUT2D eigenvalue weighted by Crippen LogP contribution is -2.35. The molecular formula is C44H48F6N4O7S2. The van der Waals surface area contributed by atoms with Gasteiger partial charge in [-0.05, 0) is 108 Å². The van der Waals surface area contributed by atoms with E-state index in [2.05, 4.69) is 34.7 Å². The van der Waals surface area contributed by atoms with Crippen molar-refractivity contribution in [2.75, 3.05) is 48.1 Å². The van der Waals surface area contributed by atoms with Crippen LogP contribution >= 0.6 is 0 Å². The van der Waals surface area contributed by atoms with E-state index in [1.807, 2.05) is 30.3 Å². The Kier molecular flexibility index (Phi) is 13.1. The number of alkyl halides is 6. The number of aliphatic carboxylic acids is 1. The maximum absolute atomic E-state index is 12.7. The van der Waals surface area contributed by atoms with Crippen LogP contribution in [0.1, 0.15) is 47.2 Å². The van der Waals surface area contributed by atoms with Crippen LogP contribution in [-0.4, -0.2) is 77.4 Å². The summed E-state index contributed by atoms with van der Waals surface area (Å²) in [6.07, 6.45) is -6.68. The second-order valence-electron chi connectivity index (χ2n) is 17.0. The van der Waals surface area contributed by atoms with Crippen LogP contribution in [0.25, 0.3) is 0 Å². The molecule has 4 atom stereocenters. The highest BCUT2D eigenvalue weighted by atomic mass is 32.2. The molecule has 4 aliphatic rings. The highest BCUT2D eigenvalue weighted by Crippen LogP contribution is 2.64. The van der Waals surface area contributed by atoms with Crippen molar-refractivity contribution in [3.8, 4) is 0 Å². The fraction of sp³-hybridized carbons (Fsp3) is 0.409. The molecule has 4 fully saturated rings. The Bertz CT molecular complexity index is 2530. The van der Waals surface area contributed by atoms with Crippen molar-refractivity contribution in [2.24, 2.45) is 23.7 Å². The molecule has 2 aliphatic heterocycles. The first-order valence-corrected chi connectivity index (χ1v) is 23.7. The predicted molar refractivity (Wildman–Crippen MR) is 226 cm³/mol. The van der Waals surface area contributed by atoms with Crippen LogP contribution in [0.2, 0.25) is 0 Å². The normalized spacial score (nSPS) is 24.7. The van der Waals surface area contributed by atoms with Gasteiger partial charge in [0.2, 0.25) is 26.0 Å². The molecule has 8 rings (SSSR count). The molecule has 2 saturated carbocycles. The zero-order chi connectivity index (χ0) is 46.3. The van der Waals surface area contributed by atoms with Gasteiger partial charge in [0.05, 0.1) is 36.5 Å². The molecular weight excluding hydrogens is 875 g/mol. The number of hydrogen-bond donors (Lipinski definition) is 4. The average Bonchev–Trinajstić information content (AvgIpc) is 3.63. The highest BCUT2D eigenvalue weighted by Gasteiger charge is 2.66. The lowest BCUT2D eigenvalue weighted by molar-refractivity contribution is -0.138. The minimum absolute atomic E-state index is 0.0715. The van der Waals surface area contributed by atoms with Crippen LogP contribution in [0.5, 0.6) is 0 Å². The number of rotatable bonds is 10. The minimum Gasteiger partial charge on any atom is -0.481 e. The Morgan fingerprint density at radius 2 is 1.03 bits per heavy atom. The van der Waals surface area contributed by atoms with E-state index in [9.17, 15) is 52.8 Å². The smallest absolute Gasteiger partial charge is 0.416 e. The van der Waals surface area contributed by atoms with Crippen molar-refractivity contribution in [3.63, 3.8) is 0 Å². The lowest BCUT2D eigenvalue weighted by Gasteiger charge is -2.25. The quantitative estimate of drug-likeness (QED) is 0.122. The van der Waals surface area contributed by atoms with E-state index in [-0.39, 0.29) is 41.4 Å². The minimum atomic E-state index is -4.39. The number of halogens is 6. The first kappa shape index (κ1) is 47.3. The van der Waals surface area contributed by atoms with Gasteiger partial charge in [-0.3, -0.25) is 19.0 Å². The molecule has 0 radical (unpaired) electrons. The number of anilines is 2. The second-order valence-corrected chi connectivity index (χ2v) is 20.5. The Morgan fingerprint density at radius 1 is 0.651 bits per heavy atom. The zero-order valence-corrected chi connectivity index (χ0v) is 36.4. The maximum Gasteiger partial charge on any atom is 0.416 e. The zero-order valence-electron chi connectivity index (χ0n) is 34.7. The summed E-state index contributed by atoms with van der Waals surface area (Å²) in [5, 5.41) is 11.8. The van der Waals surface area contributed by atoms with Crippen LogP contribution < -0.4 is 14.8 Å². The van der Waals surface area contributed by atoms with Crippen molar-refractivity contribution in [2.45, 2.75) is 49.9 Å². The summed E-state index contributed by atoms with van der Waals surface area (Å²) in [7, 11) is -6.56. The van der Waals surface area contributed by atoms with Gasteiger partial charge in [0, 0.05) is 35.3 Å². The molecule has 4 N–H and O–H groups in total. The van der Waals surface area contributed by atoms with Gasteiger partial charge < -0.3 is 15.3 Å². The van der Waals surface area contributed by atoms with Gasteiger partial charge in [-0.15, -0.1) is 0 Å². The van der Waals surface area contributed by atoms with Gasteiger partial charge in [-0.1, -0.05) is 62.4 Å². The number of nitrogens with zero attached hydrogens (tertiary/aromatic N) is 1. The lowest BCUT2D eigenvalue weighted by atomic mass is 9.92. The van der Waals surface area contributed by atoms with E-state index in [0.717, 1.165) is 61.3 Å². The summed E-state index contributed by atoms with van der Waals surface area (Å²) in [6.45, 7) is 7.73. The number of benzene rings is 4. The van der Waals surface area contributed by atoms with Crippen LogP contribution in [-0.2, 0) is 65.7 Å². The largest absolute Gasteiger partial charge is 0.481 e. The summed E-state index contributed by atoms with van der Waals surface area (Å²) in [5.74, 6) is 0.790. The topological polar surface area (TPSA) is 162 Å². The third kappa shape index (κ3) is 11.3. The number of fused-ring (bicyclic) bond motifs is 2. The molecule has 2 saturated heterocycles. The molecule has 340 valence electrons. The van der Waals surface area contributed by atoms with Crippen LogP contribution in [0.4, 0.5) is 37.7 Å². The molecule has 63 heavy (non-hydrogen) atoms. The van der Waals surface area contributed by atoms with Gasteiger partial charge in [-0.2, -0.15) is 26.3 Å². The van der Waals surface area contributed by atoms with Gasteiger partial charge >= 0.3 is 18.3 Å². The maximum atomic E-state index is 12.7. The molecule has 4 unspecified atom stereocenters. The SMILES string of the molecule is CC1(c2cccc(NS(C)(=O)=O)c2)C2CN(C(=O)Cc3ccc(C(F)(F)F)cc3)CC21.CC1(c2cccc(NS(C)(=O)=O)c2)C2CNCC21.O=C(O)Cc1ccc(C(F)(F)F)cc1. The van der Waals surface area contributed by atoms with Crippen molar-refractivity contribution >= 4 is 43.3 Å². The Labute approximate surface area is 362 Å². The number of sulfonamides is 2. The Hall–Kier alpha value is -5.14. The number of piperidine rings is 2. The van der Waals surface area contributed by atoms with Crippen LogP contribution in [0, 0.1) is 23.7 Å². The van der Waals surface area contributed by atoms with E-state index in [4.69, 9.17) is 5.11 Å². The molecule has 0 spiro atoms. The Morgan fingerprint density at radius 3 is 1.40 bits per heavy atom. The fourth-order valence-electron chi connectivity index (χ4n) is 9.09. The van der Waals surface area contributed by atoms with Gasteiger partial charge in [0.25, 0.3) is 0 Å². The molecule has 19 heteroatoms. The summed E-state index contributed by atoms with van der Waals surface area (Å²) in [5.41, 5.74) is 2.96. The second kappa shape index (κ2) is 17.4. The summed E-state index contributed by atoms with van der Waals surface area (Å²) in [4.78, 5) is 24.6. The Balaban J connectivity index is 0.000000174. The van der Waals surface area contributed by atoms with E-state index in [1.165, 1.54) is 24.0 Å². The molecule has 4 aromatic carbocycles. The first-order chi connectivity index (χ1) is 29.2. The molecule has 11 nitrogen and oxygen atoms in total. The molecule has 2 aliphatic carbocycles. The molecule has 1 amide bonds. The number of carbonyl (C=O) groups is 2. The summed E-state index contributed by atoms with van der Waals surface area (Å²) in [6, 6.07) is 23.9. The molecule has 0 bridgehead atoms. The van der Waals surface area contributed by atoms with E-state index in [0.29, 0.717) is 47.4 Å². The molecule has 0 aromatic heterocycles. The monoisotopic (exact) mass is 922 g/mol. The van der Waals surface area contributed by atoms with Gasteiger partial charge in [0.15, 0.2) is 0 Å². The number of carboxylic acid groups (broad SMARTS) is 1. The van der Waals surface area contributed by atoms with E-state index < -0.39 is 49.5 Å². The number of hydrogen-bond acceptors (Lipinski definition) is 7. The third-order valence-corrected chi connectivity index (χ3v) is 13.8. The predicted octanol–water partition coefficient (Wildman–Crippen LogP) is 7.16. The summed E-state index contributed by atoms with van der Waals surface area (Å²) >= 11 is 0. The van der Waals surface area contributed by atoms with E-state index in [1.54, 1.807) is 17.0 Å². The van der Waals surface area contributed by atoms with Crippen molar-refractivity contribution in [1.82, 2.24) is 10.2 Å². The molecule has 4 aromatic rings. The number of nitrogens with one attached hydrogen (secondary N) is 3. The van der Waals surface area contributed by atoms with Crippen molar-refractivity contribution in [3.05, 3.63) is 130 Å². The number of carboxylic acids is 1. The van der Waals surface area contributed by atoms with Gasteiger partial charge in [0.1, 0.15) is 0 Å².